The number of carbonyl (C=O) groups is 3. The fraction of sp³-hybridized carbons (Fsp3) is 0.857. The standard InChI is InChI=1S/C77H142O6/c1-4-7-10-13-15-17-19-21-23-25-27-29-31-33-35-37-38-40-41-43-45-47-49-51-53-55-57-59-61-64-67-70-76(79)82-73-74(72-81-75(78)69-66-63-12-9-6-3)83-77(80)71-68-65-62-60-58-56-54-52-50-48-46-44-42-39-36-34-32-30-28-26-24-22-20-18-16-14-11-8-5-2/h7,10,15,17,21,23,27,29,74H,4-6,8-9,11-14,16,18-20,22,24-26,28,30-73H2,1-3H3/b10-7-,17-15-,23-21-,29-27-. The van der Waals surface area contributed by atoms with E-state index in [9.17, 15) is 14.4 Å². The van der Waals surface area contributed by atoms with Crippen LogP contribution >= 0.6 is 0 Å². The maximum absolute atomic E-state index is 12.9. The van der Waals surface area contributed by atoms with Gasteiger partial charge in [0.05, 0.1) is 0 Å². The smallest absolute Gasteiger partial charge is 0.306 e. The highest BCUT2D eigenvalue weighted by molar-refractivity contribution is 5.71. The molecule has 0 heterocycles. The average molecular weight is 1160 g/mol. The summed E-state index contributed by atoms with van der Waals surface area (Å²) in [5.41, 5.74) is 0. The first-order chi connectivity index (χ1) is 41.0. The maximum atomic E-state index is 12.9. The van der Waals surface area contributed by atoms with Crippen LogP contribution in [0, 0.1) is 0 Å². The number of carbonyl (C=O) groups excluding carboxylic acids is 3. The molecule has 0 aliphatic carbocycles. The Morgan fingerprint density at radius 3 is 0.735 bits per heavy atom. The van der Waals surface area contributed by atoms with Gasteiger partial charge in [-0.05, 0) is 57.8 Å². The molecule has 486 valence electrons. The van der Waals surface area contributed by atoms with Gasteiger partial charge in [0.15, 0.2) is 6.10 Å². The predicted molar refractivity (Wildman–Crippen MR) is 362 cm³/mol. The largest absolute Gasteiger partial charge is 0.462 e. The van der Waals surface area contributed by atoms with Gasteiger partial charge >= 0.3 is 17.9 Å². The summed E-state index contributed by atoms with van der Waals surface area (Å²) in [7, 11) is 0. The van der Waals surface area contributed by atoms with E-state index in [4.69, 9.17) is 14.2 Å². The zero-order valence-corrected chi connectivity index (χ0v) is 56.0. The van der Waals surface area contributed by atoms with Crippen LogP contribution in [0.25, 0.3) is 0 Å². The zero-order chi connectivity index (χ0) is 59.9. The molecule has 0 aromatic heterocycles. The summed E-state index contributed by atoms with van der Waals surface area (Å²) in [5, 5.41) is 0. The Balaban J connectivity index is 3.89. The van der Waals surface area contributed by atoms with Gasteiger partial charge in [0.1, 0.15) is 13.2 Å². The fourth-order valence-corrected chi connectivity index (χ4v) is 11.3. The van der Waals surface area contributed by atoms with Crippen molar-refractivity contribution in [3.8, 4) is 0 Å². The average Bonchev–Trinajstić information content (AvgIpc) is 3.49. The van der Waals surface area contributed by atoms with Crippen molar-refractivity contribution < 1.29 is 28.6 Å². The summed E-state index contributed by atoms with van der Waals surface area (Å²) in [4.78, 5) is 38.1. The molecule has 0 aliphatic rings. The van der Waals surface area contributed by atoms with Crippen molar-refractivity contribution in [2.75, 3.05) is 13.2 Å². The molecule has 0 saturated carbocycles. The monoisotopic (exact) mass is 1160 g/mol. The first kappa shape index (κ1) is 80.4. The number of rotatable bonds is 69. The molecule has 0 saturated heterocycles. The van der Waals surface area contributed by atoms with Gasteiger partial charge in [0.2, 0.25) is 0 Å². The number of ether oxygens (including phenoxy) is 3. The van der Waals surface area contributed by atoms with E-state index in [1.165, 1.54) is 276 Å². The first-order valence-corrected chi connectivity index (χ1v) is 37.1. The van der Waals surface area contributed by atoms with Crippen LogP contribution < -0.4 is 0 Å². The van der Waals surface area contributed by atoms with Gasteiger partial charge in [-0.1, -0.05) is 378 Å². The molecule has 6 nitrogen and oxygen atoms in total. The summed E-state index contributed by atoms with van der Waals surface area (Å²) in [6.07, 6.45) is 92.3. The zero-order valence-electron chi connectivity index (χ0n) is 56.0. The highest BCUT2D eigenvalue weighted by Gasteiger charge is 2.19. The molecule has 0 spiro atoms. The summed E-state index contributed by atoms with van der Waals surface area (Å²) in [6, 6.07) is 0. The molecule has 0 rings (SSSR count). The molecule has 0 N–H and O–H groups in total. The molecule has 0 fully saturated rings. The number of hydrogen-bond acceptors (Lipinski definition) is 6. The molecule has 0 aromatic carbocycles. The summed E-state index contributed by atoms with van der Waals surface area (Å²) in [6.45, 7) is 6.52. The molecular weight excluding hydrogens is 1020 g/mol. The Kier molecular flexibility index (Phi) is 69.6. The molecule has 0 amide bonds. The highest BCUT2D eigenvalue weighted by atomic mass is 16.6. The SMILES string of the molecule is CC/C=C\C/C=C\C/C=C\C/C=C\CCCCCCCCCCCCCCCCCCCCC(=O)OCC(COC(=O)CCCCCCC)OC(=O)CCCCCCCCCCCCCCCCCCCCCCCCCCCCCCC. The molecule has 0 radical (unpaired) electrons. The Morgan fingerprint density at radius 2 is 0.470 bits per heavy atom. The van der Waals surface area contributed by atoms with Crippen LogP contribution in [0.15, 0.2) is 48.6 Å². The second-order valence-electron chi connectivity index (χ2n) is 25.2. The lowest BCUT2D eigenvalue weighted by molar-refractivity contribution is -0.167. The first-order valence-electron chi connectivity index (χ1n) is 37.1. The Hall–Kier alpha value is -2.63. The third kappa shape index (κ3) is 70.0. The molecular formula is C77H142O6. The van der Waals surface area contributed by atoms with Crippen molar-refractivity contribution in [2.45, 2.75) is 412 Å². The number of unbranched alkanes of at least 4 members (excludes halogenated alkanes) is 50. The van der Waals surface area contributed by atoms with Gasteiger partial charge in [-0.2, -0.15) is 0 Å². The van der Waals surface area contributed by atoms with Gasteiger partial charge in [-0.15, -0.1) is 0 Å². The van der Waals surface area contributed by atoms with Gasteiger partial charge in [-0.25, -0.2) is 0 Å². The van der Waals surface area contributed by atoms with Crippen LogP contribution in [-0.4, -0.2) is 37.2 Å². The van der Waals surface area contributed by atoms with Gasteiger partial charge < -0.3 is 14.2 Å². The second kappa shape index (κ2) is 71.8. The van der Waals surface area contributed by atoms with Crippen molar-refractivity contribution in [1.82, 2.24) is 0 Å². The van der Waals surface area contributed by atoms with E-state index in [2.05, 4.69) is 69.4 Å². The van der Waals surface area contributed by atoms with Crippen molar-refractivity contribution >= 4 is 17.9 Å². The van der Waals surface area contributed by atoms with Gasteiger partial charge in [0.25, 0.3) is 0 Å². The van der Waals surface area contributed by atoms with Crippen molar-refractivity contribution in [3.63, 3.8) is 0 Å². The van der Waals surface area contributed by atoms with Crippen LogP contribution in [0.2, 0.25) is 0 Å². The lowest BCUT2D eigenvalue weighted by Gasteiger charge is -2.18. The lowest BCUT2D eigenvalue weighted by atomic mass is 10.0. The van der Waals surface area contributed by atoms with Gasteiger partial charge in [0, 0.05) is 19.3 Å². The van der Waals surface area contributed by atoms with E-state index in [1.54, 1.807) is 0 Å². The quantitative estimate of drug-likeness (QED) is 0.0261. The predicted octanol–water partition coefficient (Wildman–Crippen LogP) is 25.7. The summed E-state index contributed by atoms with van der Waals surface area (Å²) >= 11 is 0. The summed E-state index contributed by atoms with van der Waals surface area (Å²) in [5.74, 6) is -0.853. The van der Waals surface area contributed by atoms with E-state index < -0.39 is 6.10 Å². The molecule has 1 unspecified atom stereocenters. The Morgan fingerprint density at radius 1 is 0.253 bits per heavy atom. The van der Waals surface area contributed by atoms with E-state index in [-0.39, 0.29) is 31.1 Å². The Bertz CT molecular complexity index is 1430. The maximum Gasteiger partial charge on any atom is 0.306 e. The minimum absolute atomic E-state index is 0.0669. The van der Waals surface area contributed by atoms with E-state index >= 15 is 0 Å². The van der Waals surface area contributed by atoms with Crippen LogP contribution in [-0.2, 0) is 28.6 Å². The second-order valence-corrected chi connectivity index (χ2v) is 25.2. The lowest BCUT2D eigenvalue weighted by Crippen LogP contribution is -2.30. The molecule has 6 heteroatoms. The minimum Gasteiger partial charge on any atom is -0.462 e. The van der Waals surface area contributed by atoms with Crippen LogP contribution in [0.1, 0.15) is 406 Å². The van der Waals surface area contributed by atoms with Crippen molar-refractivity contribution in [3.05, 3.63) is 48.6 Å². The van der Waals surface area contributed by atoms with Crippen LogP contribution in [0.4, 0.5) is 0 Å². The topological polar surface area (TPSA) is 78.9 Å². The normalized spacial score (nSPS) is 12.3. The van der Waals surface area contributed by atoms with Crippen molar-refractivity contribution in [2.24, 2.45) is 0 Å². The number of allylic oxidation sites excluding steroid dienone is 8. The minimum atomic E-state index is -0.766. The Labute approximate surface area is 518 Å². The summed E-state index contributed by atoms with van der Waals surface area (Å²) < 4.78 is 16.8. The number of esters is 3. The van der Waals surface area contributed by atoms with Gasteiger partial charge in [-0.3, -0.25) is 14.4 Å². The highest BCUT2D eigenvalue weighted by Crippen LogP contribution is 2.19. The molecule has 0 aliphatic heterocycles. The van der Waals surface area contributed by atoms with Crippen LogP contribution in [0.3, 0.4) is 0 Å². The molecule has 0 bridgehead atoms. The van der Waals surface area contributed by atoms with E-state index in [0.29, 0.717) is 19.3 Å². The molecule has 1 atom stereocenters. The fourth-order valence-electron chi connectivity index (χ4n) is 11.3. The number of hydrogen-bond donors (Lipinski definition) is 0. The van der Waals surface area contributed by atoms with Crippen molar-refractivity contribution in [1.29, 1.82) is 0 Å². The third-order valence-corrected chi connectivity index (χ3v) is 16.8. The van der Waals surface area contributed by atoms with E-state index in [1.807, 2.05) is 0 Å². The molecule has 0 aromatic rings. The third-order valence-electron chi connectivity index (χ3n) is 16.8. The van der Waals surface area contributed by atoms with Crippen LogP contribution in [0.5, 0.6) is 0 Å². The molecule has 83 heavy (non-hydrogen) atoms. The van der Waals surface area contributed by atoms with E-state index in [0.717, 1.165) is 89.9 Å².